The van der Waals surface area contributed by atoms with Crippen molar-refractivity contribution in [3.63, 3.8) is 0 Å². The summed E-state index contributed by atoms with van der Waals surface area (Å²) in [5, 5.41) is 6.33. The van der Waals surface area contributed by atoms with E-state index in [4.69, 9.17) is 4.74 Å². The Hall–Kier alpha value is -1.46. The van der Waals surface area contributed by atoms with E-state index in [2.05, 4.69) is 21.9 Å². The third-order valence-corrected chi connectivity index (χ3v) is 2.97. The maximum absolute atomic E-state index is 5.41. The fraction of sp³-hybridized carbons (Fsp3) is 0.333. The minimum atomic E-state index is 0.610. The third-order valence-electron chi connectivity index (χ3n) is 2.15. The molecule has 4 nitrogen and oxygen atoms in total. The number of aromatic nitrogens is 2. The van der Waals surface area contributed by atoms with Gasteiger partial charge in [-0.15, -0.1) is 11.3 Å². The molecule has 0 bridgehead atoms. The van der Waals surface area contributed by atoms with Crippen molar-refractivity contribution in [3.8, 4) is 0 Å². The van der Waals surface area contributed by atoms with Crippen molar-refractivity contribution in [2.24, 2.45) is 0 Å². The van der Waals surface area contributed by atoms with Gasteiger partial charge >= 0.3 is 0 Å². The van der Waals surface area contributed by atoms with Gasteiger partial charge < -0.3 is 10.1 Å². The van der Waals surface area contributed by atoms with Crippen molar-refractivity contribution in [3.05, 3.63) is 29.9 Å². The molecule has 5 heteroatoms. The van der Waals surface area contributed by atoms with Crippen LogP contribution in [-0.4, -0.2) is 29.7 Å². The van der Waals surface area contributed by atoms with Crippen LogP contribution in [0.25, 0.3) is 10.2 Å². The van der Waals surface area contributed by atoms with Crippen LogP contribution in [0.1, 0.15) is 6.92 Å². The Bertz CT molecular complexity index is 509. The van der Waals surface area contributed by atoms with E-state index in [-0.39, 0.29) is 0 Å². The van der Waals surface area contributed by atoms with Crippen molar-refractivity contribution in [2.75, 3.05) is 25.1 Å². The zero-order chi connectivity index (χ0) is 12.1. The van der Waals surface area contributed by atoms with Crippen LogP contribution in [0.5, 0.6) is 0 Å². The summed E-state index contributed by atoms with van der Waals surface area (Å²) in [5.41, 5.74) is 1.03. The Morgan fingerprint density at radius 1 is 1.53 bits per heavy atom. The van der Waals surface area contributed by atoms with Gasteiger partial charge in [-0.2, -0.15) is 0 Å². The van der Waals surface area contributed by atoms with E-state index >= 15 is 0 Å². The number of rotatable bonds is 6. The van der Waals surface area contributed by atoms with E-state index in [1.54, 1.807) is 17.7 Å². The number of fused-ring (bicyclic) bond motifs is 1. The van der Waals surface area contributed by atoms with Crippen molar-refractivity contribution >= 4 is 27.4 Å². The summed E-state index contributed by atoms with van der Waals surface area (Å²) >= 11 is 1.62. The fourth-order valence-electron chi connectivity index (χ4n) is 1.42. The van der Waals surface area contributed by atoms with E-state index in [1.165, 1.54) is 0 Å². The second-order valence-corrected chi connectivity index (χ2v) is 4.69. The van der Waals surface area contributed by atoms with Gasteiger partial charge in [0.05, 0.1) is 18.6 Å². The summed E-state index contributed by atoms with van der Waals surface area (Å²) in [5.74, 6) is 0.871. The number of anilines is 1. The standard InChI is InChI=1S/C12H15N3OS/c1-9(2)7-16-5-4-13-11-10-3-6-17-12(10)15-8-14-11/h3,6,8H,1,4-5,7H2,2H3,(H,13,14,15). The number of ether oxygens (including phenoxy) is 1. The van der Waals surface area contributed by atoms with Gasteiger partial charge in [0, 0.05) is 6.54 Å². The largest absolute Gasteiger partial charge is 0.375 e. The van der Waals surface area contributed by atoms with Crippen LogP contribution in [0.3, 0.4) is 0 Å². The number of nitrogens with zero attached hydrogens (tertiary/aromatic N) is 2. The van der Waals surface area contributed by atoms with Crippen LogP contribution in [0.2, 0.25) is 0 Å². The molecule has 0 fully saturated rings. The molecule has 0 aliphatic carbocycles. The molecule has 0 atom stereocenters. The van der Waals surface area contributed by atoms with E-state index in [1.807, 2.05) is 18.4 Å². The molecular weight excluding hydrogens is 234 g/mol. The monoisotopic (exact) mass is 249 g/mol. The Labute approximate surface area is 104 Å². The molecule has 2 heterocycles. The molecule has 0 amide bonds. The molecule has 0 aliphatic heterocycles. The lowest BCUT2D eigenvalue weighted by atomic mass is 10.4. The van der Waals surface area contributed by atoms with Crippen molar-refractivity contribution in [1.82, 2.24) is 9.97 Å². The predicted molar refractivity (Wildman–Crippen MR) is 71.5 cm³/mol. The molecular formula is C12H15N3OS. The molecule has 1 N–H and O–H groups in total. The van der Waals surface area contributed by atoms with Crippen molar-refractivity contribution in [1.29, 1.82) is 0 Å². The van der Waals surface area contributed by atoms with Gasteiger partial charge in [0.1, 0.15) is 17.0 Å². The minimum Gasteiger partial charge on any atom is -0.375 e. The fourth-order valence-corrected chi connectivity index (χ4v) is 2.15. The molecule has 0 aliphatic rings. The lowest BCUT2D eigenvalue weighted by Crippen LogP contribution is -2.11. The van der Waals surface area contributed by atoms with Crippen molar-refractivity contribution in [2.45, 2.75) is 6.92 Å². The predicted octanol–water partition coefficient (Wildman–Crippen LogP) is 2.70. The maximum Gasteiger partial charge on any atom is 0.138 e. The Kier molecular flexibility index (Phi) is 4.06. The molecule has 0 saturated carbocycles. The molecule has 0 radical (unpaired) electrons. The van der Waals surface area contributed by atoms with E-state index in [0.717, 1.165) is 28.2 Å². The van der Waals surface area contributed by atoms with Crippen LogP contribution in [0, 0.1) is 0 Å². The molecule has 2 aromatic heterocycles. The SMILES string of the molecule is C=C(C)COCCNc1ncnc2sccc12. The highest BCUT2D eigenvalue weighted by atomic mass is 32.1. The van der Waals surface area contributed by atoms with Crippen LogP contribution in [-0.2, 0) is 4.74 Å². The zero-order valence-electron chi connectivity index (χ0n) is 9.77. The molecule has 2 rings (SSSR count). The molecule has 17 heavy (non-hydrogen) atoms. The Balaban J connectivity index is 1.86. The van der Waals surface area contributed by atoms with E-state index in [9.17, 15) is 0 Å². The highest BCUT2D eigenvalue weighted by Gasteiger charge is 2.03. The molecule has 0 spiro atoms. The number of hydrogen-bond acceptors (Lipinski definition) is 5. The van der Waals surface area contributed by atoms with Gasteiger partial charge in [-0.3, -0.25) is 0 Å². The number of hydrogen-bond donors (Lipinski definition) is 1. The molecule has 0 unspecified atom stereocenters. The average Bonchev–Trinajstić information content (AvgIpc) is 2.77. The Morgan fingerprint density at radius 3 is 3.24 bits per heavy atom. The van der Waals surface area contributed by atoms with Gasteiger partial charge in [-0.05, 0) is 18.4 Å². The maximum atomic E-state index is 5.41. The second-order valence-electron chi connectivity index (χ2n) is 3.80. The highest BCUT2D eigenvalue weighted by Crippen LogP contribution is 2.23. The zero-order valence-corrected chi connectivity index (χ0v) is 10.6. The quantitative estimate of drug-likeness (QED) is 0.631. The summed E-state index contributed by atoms with van der Waals surface area (Å²) in [6, 6.07) is 2.02. The minimum absolute atomic E-state index is 0.610. The summed E-state index contributed by atoms with van der Waals surface area (Å²) in [4.78, 5) is 9.42. The van der Waals surface area contributed by atoms with Crippen LogP contribution in [0.15, 0.2) is 29.9 Å². The van der Waals surface area contributed by atoms with Gasteiger partial charge in [0.15, 0.2) is 0 Å². The lowest BCUT2D eigenvalue weighted by Gasteiger charge is -2.07. The van der Waals surface area contributed by atoms with E-state index in [0.29, 0.717) is 13.2 Å². The summed E-state index contributed by atoms with van der Waals surface area (Å²) in [6.07, 6.45) is 1.58. The first-order chi connectivity index (χ1) is 8.27. The van der Waals surface area contributed by atoms with Crippen LogP contribution < -0.4 is 5.32 Å². The first kappa shape index (κ1) is 12.0. The third kappa shape index (κ3) is 3.25. The summed E-state index contributed by atoms with van der Waals surface area (Å²) < 4.78 is 5.41. The number of nitrogens with one attached hydrogen (secondary N) is 1. The number of thiophene rings is 1. The summed E-state index contributed by atoms with van der Waals surface area (Å²) in [7, 11) is 0. The first-order valence-corrected chi connectivity index (χ1v) is 6.29. The molecule has 0 saturated heterocycles. The van der Waals surface area contributed by atoms with E-state index < -0.39 is 0 Å². The normalized spacial score (nSPS) is 10.6. The highest BCUT2D eigenvalue weighted by molar-refractivity contribution is 7.16. The van der Waals surface area contributed by atoms with Crippen molar-refractivity contribution < 1.29 is 4.74 Å². The first-order valence-electron chi connectivity index (χ1n) is 5.41. The van der Waals surface area contributed by atoms with Gasteiger partial charge in [0.2, 0.25) is 0 Å². The molecule has 90 valence electrons. The average molecular weight is 249 g/mol. The smallest absolute Gasteiger partial charge is 0.138 e. The van der Waals surface area contributed by atoms with Crippen LogP contribution in [0.4, 0.5) is 5.82 Å². The van der Waals surface area contributed by atoms with Crippen LogP contribution >= 0.6 is 11.3 Å². The van der Waals surface area contributed by atoms with Gasteiger partial charge in [0.25, 0.3) is 0 Å². The van der Waals surface area contributed by atoms with Gasteiger partial charge in [-0.25, -0.2) is 9.97 Å². The Morgan fingerprint density at radius 2 is 2.41 bits per heavy atom. The second kappa shape index (κ2) is 5.75. The van der Waals surface area contributed by atoms with Gasteiger partial charge in [-0.1, -0.05) is 12.2 Å². The summed E-state index contributed by atoms with van der Waals surface area (Å²) in [6.45, 7) is 7.71. The lowest BCUT2D eigenvalue weighted by molar-refractivity contribution is 0.167. The molecule has 2 aromatic rings. The molecule has 0 aromatic carbocycles. The topological polar surface area (TPSA) is 47.0 Å².